The first kappa shape index (κ1) is 17.7. The summed E-state index contributed by atoms with van der Waals surface area (Å²) in [6.45, 7) is 0.712. The van der Waals surface area contributed by atoms with Crippen molar-refractivity contribution in [1.29, 1.82) is 0 Å². The molecule has 3 heteroatoms. The molecule has 0 aliphatic heterocycles. The van der Waals surface area contributed by atoms with Gasteiger partial charge >= 0.3 is 0 Å². The van der Waals surface area contributed by atoms with Gasteiger partial charge < -0.3 is 10.5 Å². The second kappa shape index (κ2) is 8.86. The molecular formula is C23H23NO2. The van der Waals surface area contributed by atoms with E-state index in [9.17, 15) is 4.79 Å². The van der Waals surface area contributed by atoms with Crippen LogP contribution in [0.3, 0.4) is 0 Å². The molecule has 3 rings (SSSR count). The molecule has 3 nitrogen and oxygen atoms in total. The monoisotopic (exact) mass is 345 g/mol. The van der Waals surface area contributed by atoms with E-state index in [0.717, 1.165) is 36.1 Å². The lowest BCUT2D eigenvalue weighted by Gasteiger charge is -2.08. The van der Waals surface area contributed by atoms with Crippen LogP contribution < -0.4 is 10.5 Å². The SMILES string of the molecule is NC(=O)c1cccc(-c2ccc(OCCCCc3ccccc3)cc2)c1. The van der Waals surface area contributed by atoms with Crippen LogP contribution in [0.4, 0.5) is 0 Å². The Hall–Kier alpha value is -3.07. The third kappa shape index (κ3) is 4.96. The third-order valence-corrected chi connectivity index (χ3v) is 4.31. The van der Waals surface area contributed by atoms with E-state index in [1.165, 1.54) is 5.56 Å². The highest BCUT2D eigenvalue weighted by Gasteiger charge is 2.04. The van der Waals surface area contributed by atoms with Crippen LogP contribution in [-0.2, 0) is 6.42 Å². The molecule has 0 radical (unpaired) electrons. The van der Waals surface area contributed by atoms with Crippen LogP contribution in [0.1, 0.15) is 28.8 Å². The van der Waals surface area contributed by atoms with Crippen molar-refractivity contribution in [3.8, 4) is 16.9 Å². The molecule has 3 aromatic rings. The fraction of sp³-hybridized carbons (Fsp3) is 0.174. The Balaban J connectivity index is 1.48. The largest absolute Gasteiger partial charge is 0.494 e. The minimum absolute atomic E-state index is 0.415. The standard InChI is InChI=1S/C23H23NO2/c24-23(25)21-11-6-10-20(17-21)19-12-14-22(15-13-19)26-16-5-4-9-18-7-2-1-3-8-18/h1-3,6-8,10-15,17H,4-5,9,16H2,(H2,24,25). The molecule has 0 saturated heterocycles. The summed E-state index contributed by atoms with van der Waals surface area (Å²) in [4.78, 5) is 11.3. The van der Waals surface area contributed by atoms with Crippen LogP contribution in [0, 0.1) is 0 Å². The number of hydrogen-bond donors (Lipinski definition) is 1. The lowest BCUT2D eigenvalue weighted by molar-refractivity contribution is 0.100. The lowest BCUT2D eigenvalue weighted by Crippen LogP contribution is -2.10. The topological polar surface area (TPSA) is 52.3 Å². The summed E-state index contributed by atoms with van der Waals surface area (Å²) in [6.07, 6.45) is 3.22. The van der Waals surface area contributed by atoms with Crippen LogP contribution >= 0.6 is 0 Å². The molecule has 0 aliphatic carbocycles. The number of amides is 1. The molecular weight excluding hydrogens is 322 g/mol. The molecule has 1 amide bonds. The zero-order valence-corrected chi connectivity index (χ0v) is 14.7. The number of benzene rings is 3. The number of ether oxygens (including phenoxy) is 1. The number of primary amides is 1. The van der Waals surface area contributed by atoms with E-state index in [2.05, 4.69) is 24.3 Å². The van der Waals surface area contributed by atoms with Gasteiger partial charge in [0.1, 0.15) is 5.75 Å². The zero-order chi connectivity index (χ0) is 18.2. The summed E-state index contributed by atoms with van der Waals surface area (Å²) in [6, 6.07) is 25.8. The fourth-order valence-corrected chi connectivity index (χ4v) is 2.86. The minimum atomic E-state index is -0.415. The minimum Gasteiger partial charge on any atom is -0.494 e. The van der Waals surface area contributed by atoms with Crippen LogP contribution in [0.5, 0.6) is 5.75 Å². The van der Waals surface area contributed by atoms with Crippen molar-refractivity contribution in [1.82, 2.24) is 0 Å². The molecule has 0 aliphatic rings. The van der Waals surface area contributed by atoms with E-state index >= 15 is 0 Å². The molecule has 2 N–H and O–H groups in total. The van der Waals surface area contributed by atoms with Crippen molar-refractivity contribution < 1.29 is 9.53 Å². The maximum atomic E-state index is 11.3. The maximum Gasteiger partial charge on any atom is 0.248 e. The van der Waals surface area contributed by atoms with E-state index in [1.54, 1.807) is 6.07 Å². The summed E-state index contributed by atoms with van der Waals surface area (Å²) in [5, 5.41) is 0. The molecule has 0 aromatic heterocycles. The summed E-state index contributed by atoms with van der Waals surface area (Å²) in [5.74, 6) is 0.446. The second-order valence-electron chi connectivity index (χ2n) is 6.26. The van der Waals surface area contributed by atoms with E-state index in [0.29, 0.717) is 12.2 Å². The van der Waals surface area contributed by atoms with Gasteiger partial charge in [0.25, 0.3) is 0 Å². The summed E-state index contributed by atoms with van der Waals surface area (Å²) in [5.41, 5.74) is 9.23. The second-order valence-corrected chi connectivity index (χ2v) is 6.26. The van der Waals surface area contributed by atoms with E-state index in [1.807, 2.05) is 48.5 Å². The predicted molar refractivity (Wildman–Crippen MR) is 105 cm³/mol. The lowest BCUT2D eigenvalue weighted by atomic mass is 10.0. The highest BCUT2D eigenvalue weighted by atomic mass is 16.5. The van der Waals surface area contributed by atoms with Crippen molar-refractivity contribution in [3.05, 3.63) is 90.0 Å². The number of aryl methyl sites for hydroxylation is 1. The molecule has 0 bridgehead atoms. The van der Waals surface area contributed by atoms with Gasteiger partial charge in [-0.2, -0.15) is 0 Å². The molecule has 132 valence electrons. The Morgan fingerprint density at radius 3 is 2.31 bits per heavy atom. The van der Waals surface area contributed by atoms with Gasteiger partial charge in [0.2, 0.25) is 5.91 Å². The van der Waals surface area contributed by atoms with Gasteiger partial charge in [0.15, 0.2) is 0 Å². The predicted octanol–water partition coefficient (Wildman–Crippen LogP) is 4.85. The Kier molecular flexibility index (Phi) is 6.05. The number of carbonyl (C=O) groups is 1. The van der Waals surface area contributed by atoms with Crippen LogP contribution in [-0.4, -0.2) is 12.5 Å². The van der Waals surface area contributed by atoms with Gasteiger partial charge in [0.05, 0.1) is 6.61 Å². The number of hydrogen-bond acceptors (Lipinski definition) is 2. The van der Waals surface area contributed by atoms with E-state index in [-0.39, 0.29) is 0 Å². The average molecular weight is 345 g/mol. The zero-order valence-electron chi connectivity index (χ0n) is 14.7. The molecule has 0 heterocycles. The van der Waals surface area contributed by atoms with Crippen LogP contribution in [0.15, 0.2) is 78.9 Å². The summed E-state index contributed by atoms with van der Waals surface area (Å²) >= 11 is 0. The van der Waals surface area contributed by atoms with Crippen LogP contribution in [0.25, 0.3) is 11.1 Å². The number of carbonyl (C=O) groups excluding carboxylic acids is 1. The Morgan fingerprint density at radius 1 is 0.808 bits per heavy atom. The van der Waals surface area contributed by atoms with Gasteiger partial charge in [-0.15, -0.1) is 0 Å². The first-order chi connectivity index (χ1) is 12.7. The van der Waals surface area contributed by atoms with Crippen molar-refractivity contribution >= 4 is 5.91 Å². The summed E-state index contributed by atoms with van der Waals surface area (Å²) < 4.78 is 5.82. The molecule has 3 aromatic carbocycles. The number of rotatable bonds is 8. The van der Waals surface area contributed by atoms with Crippen molar-refractivity contribution in [2.24, 2.45) is 5.73 Å². The van der Waals surface area contributed by atoms with Gasteiger partial charge in [-0.1, -0.05) is 54.6 Å². The molecule has 0 atom stereocenters. The van der Waals surface area contributed by atoms with Gasteiger partial charge in [0, 0.05) is 5.56 Å². The fourth-order valence-electron chi connectivity index (χ4n) is 2.86. The summed E-state index contributed by atoms with van der Waals surface area (Å²) in [7, 11) is 0. The van der Waals surface area contributed by atoms with E-state index < -0.39 is 5.91 Å². The maximum absolute atomic E-state index is 11.3. The first-order valence-corrected chi connectivity index (χ1v) is 8.89. The van der Waals surface area contributed by atoms with Gasteiger partial charge in [-0.05, 0) is 60.2 Å². The van der Waals surface area contributed by atoms with Crippen molar-refractivity contribution in [2.45, 2.75) is 19.3 Å². The smallest absolute Gasteiger partial charge is 0.248 e. The van der Waals surface area contributed by atoms with Gasteiger partial charge in [-0.25, -0.2) is 0 Å². The highest BCUT2D eigenvalue weighted by Crippen LogP contribution is 2.23. The average Bonchev–Trinajstić information content (AvgIpc) is 2.69. The normalized spacial score (nSPS) is 10.5. The Bertz CT molecular complexity index is 842. The Morgan fingerprint density at radius 2 is 1.58 bits per heavy atom. The Labute approximate surface area is 154 Å². The highest BCUT2D eigenvalue weighted by molar-refractivity contribution is 5.94. The number of nitrogens with two attached hydrogens (primary N) is 1. The first-order valence-electron chi connectivity index (χ1n) is 8.89. The van der Waals surface area contributed by atoms with E-state index in [4.69, 9.17) is 10.5 Å². The molecule has 0 fully saturated rings. The van der Waals surface area contributed by atoms with Crippen molar-refractivity contribution in [3.63, 3.8) is 0 Å². The third-order valence-electron chi connectivity index (χ3n) is 4.31. The molecule has 0 spiro atoms. The molecule has 0 unspecified atom stereocenters. The molecule has 0 saturated carbocycles. The quantitative estimate of drug-likeness (QED) is 0.593. The van der Waals surface area contributed by atoms with Gasteiger partial charge in [-0.3, -0.25) is 4.79 Å². The van der Waals surface area contributed by atoms with Crippen LogP contribution in [0.2, 0.25) is 0 Å². The van der Waals surface area contributed by atoms with Crippen molar-refractivity contribution in [2.75, 3.05) is 6.61 Å². The molecule has 26 heavy (non-hydrogen) atoms. The number of unbranched alkanes of at least 4 members (excludes halogenated alkanes) is 1.